The third-order valence-electron chi connectivity index (χ3n) is 2.92. The molecular formula is C20H23FeNO4. The smallest absolute Gasteiger partial charge is 0 e. The van der Waals surface area contributed by atoms with Gasteiger partial charge in [0.2, 0.25) is 0 Å². The van der Waals surface area contributed by atoms with Gasteiger partial charge in [0.05, 0.1) is 0 Å². The minimum atomic E-state index is 0. The molecule has 1 rings (SSSR count). The van der Waals surface area contributed by atoms with Crippen LogP contribution in [0, 0.1) is 45.6 Å². The van der Waals surface area contributed by atoms with Crippen molar-refractivity contribution in [3.05, 3.63) is 81.5 Å². The summed E-state index contributed by atoms with van der Waals surface area (Å²) >= 11 is 0. The topological polar surface area (TPSA) is 88.8 Å². The Morgan fingerprint density at radius 3 is 2.08 bits per heavy atom. The van der Waals surface area contributed by atoms with E-state index in [1.165, 1.54) is 24.8 Å². The number of unbranched alkanes of at least 4 members (excludes halogenated alkanes) is 3. The number of carbonyl (C=O) groups excluding carboxylic acids is 1. The van der Waals surface area contributed by atoms with Crippen LogP contribution < -0.4 is 5.32 Å². The molecule has 0 heterocycles. The van der Waals surface area contributed by atoms with E-state index in [4.69, 9.17) is 14.0 Å². The molecule has 0 amide bonds. The molecule has 0 unspecified atom stereocenters. The molecule has 0 aliphatic carbocycles. The predicted octanol–water partition coefficient (Wildman–Crippen LogP) is 3.24. The van der Waals surface area contributed by atoms with Crippen molar-refractivity contribution in [2.24, 2.45) is 0 Å². The third-order valence-corrected chi connectivity index (χ3v) is 2.92. The van der Waals surface area contributed by atoms with Crippen LogP contribution in [0.1, 0.15) is 31.7 Å². The maximum atomic E-state index is 10.2. The van der Waals surface area contributed by atoms with Gasteiger partial charge < -0.3 is 10.1 Å². The van der Waals surface area contributed by atoms with Crippen LogP contribution in [0.4, 0.5) is 0 Å². The Labute approximate surface area is 168 Å². The van der Waals surface area contributed by atoms with E-state index in [-0.39, 0.29) is 17.1 Å². The van der Waals surface area contributed by atoms with Gasteiger partial charge in [-0.2, -0.15) is 0 Å². The maximum Gasteiger partial charge on any atom is 0 e. The van der Waals surface area contributed by atoms with Gasteiger partial charge in [0.1, 0.15) is 6.29 Å². The van der Waals surface area contributed by atoms with Crippen LogP contribution in [-0.2, 0) is 42.4 Å². The molecule has 1 aromatic rings. The van der Waals surface area contributed by atoms with Gasteiger partial charge in [0, 0.05) is 36.1 Å². The summed E-state index contributed by atoms with van der Waals surface area (Å²) in [6, 6.07) is 10.8. The van der Waals surface area contributed by atoms with E-state index in [0.717, 1.165) is 19.3 Å². The second kappa shape index (κ2) is 31.4. The molecule has 140 valence electrons. The summed E-state index contributed by atoms with van der Waals surface area (Å²) in [5.41, 5.74) is 1.29. The summed E-state index contributed by atoms with van der Waals surface area (Å²) in [6.45, 7) is 16.6. The van der Waals surface area contributed by atoms with Crippen molar-refractivity contribution < 1.29 is 35.8 Å². The third kappa shape index (κ3) is 22.6. The van der Waals surface area contributed by atoms with Crippen LogP contribution in [-0.4, -0.2) is 12.3 Å². The van der Waals surface area contributed by atoms with E-state index < -0.39 is 0 Å². The fourth-order valence-electron chi connectivity index (χ4n) is 1.84. The molecule has 0 bridgehead atoms. The number of aldehydes is 1. The van der Waals surface area contributed by atoms with Gasteiger partial charge in [-0.25, -0.2) is 0 Å². The second-order valence-electron chi connectivity index (χ2n) is 4.52. The molecule has 0 aliphatic rings. The number of carbonyl (C=O) groups is 1. The Bertz CT molecular complexity index is 432. The Kier molecular flexibility index (Phi) is 38.9. The molecule has 1 N–H and O–H groups in total. The molecule has 0 spiro atoms. The van der Waals surface area contributed by atoms with Crippen LogP contribution >= 0.6 is 0 Å². The number of benzene rings is 1. The molecule has 0 saturated carbocycles. The molecule has 1 atom stereocenters. The van der Waals surface area contributed by atoms with Crippen molar-refractivity contribution in [3.63, 3.8) is 0 Å². The molecule has 0 saturated heterocycles. The largest absolute Gasteiger partial charge is 0 e. The van der Waals surface area contributed by atoms with Crippen molar-refractivity contribution in [1.82, 2.24) is 5.32 Å². The number of nitrogens with one attached hydrogen (secondary N) is 1. The summed E-state index contributed by atoms with van der Waals surface area (Å²) in [7, 11) is 0. The normalized spacial score (nSPS) is 9.19. The van der Waals surface area contributed by atoms with Gasteiger partial charge in [-0.3, -0.25) is 0 Å². The molecule has 26 heavy (non-hydrogen) atoms. The van der Waals surface area contributed by atoms with Crippen LogP contribution in [0.3, 0.4) is 0 Å². The molecule has 0 aliphatic heterocycles. The molecular weight excluding hydrogens is 374 g/mol. The van der Waals surface area contributed by atoms with Crippen LogP contribution in [0.25, 0.3) is 0 Å². The van der Waals surface area contributed by atoms with Gasteiger partial charge in [0.25, 0.3) is 0 Å². The van der Waals surface area contributed by atoms with Crippen molar-refractivity contribution in [1.29, 1.82) is 0 Å². The first-order valence-corrected chi connectivity index (χ1v) is 7.54. The SMILES string of the molecule is CCCC[C@@H]([CH][CH][CH][CH]C=O)NCc1ccccc1.[C-]#[O+].[C-]#[O+].[C-]#[O+].[Fe]. The van der Waals surface area contributed by atoms with Crippen molar-refractivity contribution >= 4 is 6.29 Å². The predicted molar refractivity (Wildman–Crippen MR) is 91.6 cm³/mol. The van der Waals surface area contributed by atoms with E-state index in [0.29, 0.717) is 6.04 Å². The van der Waals surface area contributed by atoms with Gasteiger partial charge in [-0.15, -0.1) is 0 Å². The van der Waals surface area contributed by atoms with Crippen molar-refractivity contribution in [2.45, 2.75) is 38.8 Å². The average Bonchev–Trinajstić information content (AvgIpc) is 2.72. The zero-order valence-electron chi connectivity index (χ0n) is 14.7. The molecule has 4 radical (unpaired) electrons. The standard InChI is InChI=1S/C17H23NO.3CO.Fe/c1-2-3-12-17(13-8-5-9-14-19)18-15-16-10-6-4-7-11-16;3*1-2;/h4-11,13-14,17-18H,2-3,12,15H2,1H3;;;;/t17-;;;;/m0..../s1. The summed E-state index contributed by atoms with van der Waals surface area (Å²) in [5.74, 6) is 0. The zero-order valence-corrected chi connectivity index (χ0v) is 15.8. The Balaban J connectivity index is -0.000000312. The van der Waals surface area contributed by atoms with Gasteiger partial charge in [-0.1, -0.05) is 50.1 Å². The molecule has 5 nitrogen and oxygen atoms in total. The summed E-state index contributed by atoms with van der Waals surface area (Å²) in [5, 5.41) is 3.54. The van der Waals surface area contributed by atoms with E-state index >= 15 is 0 Å². The van der Waals surface area contributed by atoms with Crippen LogP contribution in [0.15, 0.2) is 30.3 Å². The Morgan fingerprint density at radius 2 is 1.58 bits per heavy atom. The van der Waals surface area contributed by atoms with Gasteiger partial charge in [-0.05, 0) is 31.2 Å². The zero-order chi connectivity index (χ0) is 19.8. The van der Waals surface area contributed by atoms with Crippen LogP contribution in [0.5, 0.6) is 0 Å². The van der Waals surface area contributed by atoms with Crippen molar-refractivity contribution in [2.75, 3.05) is 0 Å². The first kappa shape index (κ1) is 32.3. The Hall–Kier alpha value is -1.41. The quantitative estimate of drug-likeness (QED) is 0.204. The maximum absolute atomic E-state index is 10.2. The minimum absolute atomic E-state index is 0. The summed E-state index contributed by atoms with van der Waals surface area (Å²) in [6.07, 6.45) is 11.7. The van der Waals surface area contributed by atoms with Gasteiger partial charge in [0.15, 0.2) is 0 Å². The molecule has 0 aromatic heterocycles. The Morgan fingerprint density at radius 1 is 1.00 bits per heavy atom. The summed E-state index contributed by atoms with van der Waals surface area (Å²) in [4.78, 5) is 10.2. The monoisotopic (exact) mass is 397 g/mol. The minimum Gasteiger partial charge on any atom is 0 e. The van der Waals surface area contributed by atoms with Crippen molar-refractivity contribution in [3.8, 4) is 0 Å². The van der Waals surface area contributed by atoms with E-state index in [1.54, 1.807) is 6.42 Å². The number of hydrogen-bond donors (Lipinski definition) is 1. The second-order valence-corrected chi connectivity index (χ2v) is 4.52. The molecule has 6 heteroatoms. The van der Waals surface area contributed by atoms with E-state index in [9.17, 15) is 4.79 Å². The number of hydrogen-bond acceptors (Lipinski definition) is 2. The molecule has 1 aromatic carbocycles. The summed E-state index contributed by atoms with van der Waals surface area (Å²) < 4.78 is 22.5. The average molecular weight is 397 g/mol. The fourth-order valence-corrected chi connectivity index (χ4v) is 1.84. The van der Waals surface area contributed by atoms with Crippen LogP contribution in [0.2, 0.25) is 0 Å². The first-order chi connectivity index (χ1) is 12.4. The fraction of sp³-hybridized carbons (Fsp3) is 0.300. The van der Waals surface area contributed by atoms with Gasteiger partial charge >= 0.3 is 33.9 Å². The number of rotatable bonds is 11. The van der Waals surface area contributed by atoms with E-state index in [1.807, 2.05) is 12.5 Å². The molecule has 0 fully saturated rings. The first-order valence-electron chi connectivity index (χ1n) is 7.54. The van der Waals surface area contributed by atoms with E-state index in [2.05, 4.69) is 62.9 Å².